The van der Waals surface area contributed by atoms with E-state index in [-0.39, 0.29) is 16.5 Å². The second-order valence-corrected chi connectivity index (χ2v) is 7.47. The minimum absolute atomic E-state index is 0.136. The molecule has 3 rings (SSSR count). The number of phenolic OH excluding ortho intramolecular Hbond substituents is 1. The summed E-state index contributed by atoms with van der Waals surface area (Å²) in [5.41, 5.74) is 8.34. The molecule has 0 aliphatic carbocycles. The molecule has 1 aromatic heterocycles. The summed E-state index contributed by atoms with van der Waals surface area (Å²) in [5, 5.41) is 9.72. The molecule has 0 bridgehead atoms. The van der Waals surface area contributed by atoms with E-state index in [1.807, 2.05) is 13.0 Å². The Morgan fingerprint density at radius 2 is 1.67 bits per heavy atom. The number of phenols is 1. The Balaban J connectivity index is 1.66. The Morgan fingerprint density at radius 3 is 2.33 bits per heavy atom. The highest BCUT2D eigenvalue weighted by Gasteiger charge is 2.14. The van der Waals surface area contributed by atoms with Crippen molar-refractivity contribution in [1.82, 2.24) is 4.98 Å². The number of hydrogen-bond acceptors (Lipinski definition) is 6. The molecule has 0 aliphatic heterocycles. The molecule has 4 N–H and O–H groups in total. The molecule has 0 atom stereocenters. The maximum absolute atomic E-state index is 12.4. The third-order valence-corrected chi connectivity index (χ3v) is 5.25. The highest BCUT2D eigenvalue weighted by Crippen LogP contribution is 2.22. The molecule has 3 aromatic rings. The van der Waals surface area contributed by atoms with Crippen molar-refractivity contribution < 1.29 is 13.5 Å². The number of anilines is 3. The van der Waals surface area contributed by atoms with Crippen LogP contribution in [-0.4, -0.2) is 18.5 Å². The number of pyridine rings is 1. The zero-order chi connectivity index (χ0) is 19.3. The van der Waals surface area contributed by atoms with Crippen LogP contribution in [0.3, 0.4) is 0 Å². The number of nitrogens with one attached hydrogen (secondary N) is 3. The van der Waals surface area contributed by atoms with Crippen molar-refractivity contribution >= 4 is 27.2 Å². The van der Waals surface area contributed by atoms with Gasteiger partial charge in [0.2, 0.25) is 0 Å². The number of rotatable bonds is 7. The Morgan fingerprint density at radius 1 is 0.963 bits per heavy atom. The number of aromatic hydroxyl groups is 1. The first-order valence-electron chi connectivity index (χ1n) is 8.36. The third kappa shape index (κ3) is 4.68. The summed E-state index contributed by atoms with van der Waals surface area (Å²) in [6, 6.07) is 16.5. The second kappa shape index (κ2) is 7.96. The minimum atomic E-state index is -3.70. The van der Waals surface area contributed by atoms with Gasteiger partial charge in [-0.05, 0) is 66.6 Å². The lowest BCUT2D eigenvalue weighted by atomic mass is 10.1. The number of benzene rings is 2. The van der Waals surface area contributed by atoms with Crippen LogP contribution in [0.1, 0.15) is 12.5 Å². The molecule has 27 heavy (non-hydrogen) atoms. The van der Waals surface area contributed by atoms with Gasteiger partial charge in [-0.15, -0.1) is 0 Å². The Bertz CT molecular complexity index is 1010. The van der Waals surface area contributed by atoms with E-state index in [1.165, 1.54) is 18.3 Å². The Hall–Kier alpha value is -3.26. The first-order chi connectivity index (χ1) is 13.0. The van der Waals surface area contributed by atoms with Crippen LogP contribution in [0.2, 0.25) is 0 Å². The molecule has 7 nitrogen and oxygen atoms in total. The summed E-state index contributed by atoms with van der Waals surface area (Å²) < 4.78 is 27.2. The molecule has 140 valence electrons. The molecule has 0 fully saturated rings. The second-order valence-electron chi connectivity index (χ2n) is 5.79. The Labute approximate surface area is 158 Å². The van der Waals surface area contributed by atoms with Crippen molar-refractivity contribution in [2.45, 2.75) is 18.2 Å². The summed E-state index contributed by atoms with van der Waals surface area (Å²) in [5.74, 6) is 0.526. The number of hydrazine groups is 1. The van der Waals surface area contributed by atoms with Gasteiger partial charge in [0.1, 0.15) is 11.6 Å². The molecular weight excluding hydrogens is 364 g/mol. The van der Waals surface area contributed by atoms with Crippen molar-refractivity contribution in [3.05, 3.63) is 72.4 Å². The number of sulfonamides is 1. The fourth-order valence-electron chi connectivity index (χ4n) is 2.43. The quantitative estimate of drug-likeness (QED) is 0.367. The van der Waals surface area contributed by atoms with Crippen molar-refractivity contribution in [2.75, 3.05) is 15.6 Å². The van der Waals surface area contributed by atoms with Gasteiger partial charge in [-0.1, -0.05) is 13.0 Å². The minimum Gasteiger partial charge on any atom is -0.508 e. The van der Waals surface area contributed by atoms with E-state index >= 15 is 0 Å². The number of aromatic nitrogens is 1. The maximum Gasteiger partial charge on any atom is 0.263 e. The van der Waals surface area contributed by atoms with Crippen molar-refractivity contribution in [3.63, 3.8) is 0 Å². The van der Waals surface area contributed by atoms with Gasteiger partial charge in [-0.2, -0.15) is 0 Å². The summed E-state index contributed by atoms with van der Waals surface area (Å²) in [4.78, 5) is 4.10. The zero-order valence-electron chi connectivity index (χ0n) is 14.7. The largest absolute Gasteiger partial charge is 0.508 e. The van der Waals surface area contributed by atoms with E-state index in [0.717, 1.165) is 17.7 Å². The van der Waals surface area contributed by atoms with Gasteiger partial charge in [0.15, 0.2) is 0 Å². The first-order valence-corrected chi connectivity index (χ1v) is 9.84. The lowest BCUT2D eigenvalue weighted by Gasteiger charge is -2.12. The highest BCUT2D eigenvalue weighted by atomic mass is 32.2. The predicted octanol–water partition coefficient (Wildman–Crippen LogP) is 3.59. The van der Waals surface area contributed by atoms with Crippen LogP contribution in [0.15, 0.2) is 71.8 Å². The van der Waals surface area contributed by atoms with Crippen LogP contribution in [0, 0.1) is 0 Å². The van der Waals surface area contributed by atoms with E-state index in [1.54, 1.807) is 42.5 Å². The van der Waals surface area contributed by atoms with Gasteiger partial charge < -0.3 is 16.0 Å². The SMILES string of the molecule is CCc1cc(NNc2ccc(S(=O)(=O)Nc3ccccn3)cc2)ccc1O. The van der Waals surface area contributed by atoms with Crippen LogP contribution in [0.5, 0.6) is 5.75 Å². The highest BCUT2D eigenvalue weighted by molar-refractivity contribution is 7.92. The zero-order valence-corrected chi connectivity index (χ0v) is 15.5. The first kappa shape index (κ1) is 18.5. The van der Waals surface area contributed by atoms with Crippen LogP contribution in [-0.2, 0) is 16.4 Å². The molecule has 0 saturated heterocycles. The molecular formula is C19H20N4O3S. The van der Waals surface area contributed by atoms with Crippen molar-refractivity contribution in [1.29, 1.82) is 0 Å². The molecule has 8 heteroatoms. The third-order valence-electron chi connectivity index (χ3n) is 3.88. The topological polar surface area (TPSA) is 103 Å². The monoisotopic (exact) mass is 384 g/mol. The van der Waals surface area contributed by atoms with Crippen LogP contribution < -0.4 is 15.6 Å². The van der Waals surface area contributed by atoms with E-state index < -0.39 is 10.0 Å². The van der Waals surface area contributed by atoms with Gasteiger partial charge >= 0.3 is 0 Å². The standard InChI is InChI=1S/C19H20N4O3S/c1-2-14-13-16(8-11-18(14)24)22-21-15-6-9-17(10-7-15)27(25,26)23-19-5-3-4-12-20-19/h3-13,21-22,24H,2H2,1H3,(H,20,23). The molecule has 1 heterocycles. The average Bonchev–Trinajstić information content (AvgIpc) is 2.68. The lowest BCUT2D eigenvalue weighted by Crippen LogP contribution is -2.14. The molecule has 0 amide bonds. The summed E-state index contributed by atoms with van der Waals surface area (Å²) in [6.07, 6.45) is 2.24. The van der Waals surface area contributed by atoms with Crippen LogP contribution in [0.4, 0.5) is 17.2 Å². The van der Waals surface area contributed by atoms with Crippen LogP contribution >= 0.6 is 0 Å². The molecule has 0 aliphatic rings. The smallest absolute Gasteiger partial charge is 0.263 e. The van der Waals surface area contributed by atoms with E-state index in [2.05, 4.69) is 20.6 Å². The molecule has 0 unspecified atom stereocenters. The summed E-state index contributed by atoms with van der Waals surface area (Å²) >= 11 is 0. The van der Waals surface area contributed by atoms with Crippen molar-refractivity contribution in [3.8, 4) is 5.75 Å². The average molecular weight is 384 g/mol. The van der Waals surface area contributed by atoms with Gasteiger partial charge in [0.05, 0.1) is 16.3 Å². The molecule has 0 saturated carbocycles. The van der Waals surface area contributed by atoms with Gasteiger partial charge in [0.25, 0.3) is 10.0 Å². The lowest BCUT2D eigenvalue weighted by molar-refractivity contribution is 0.469. The Kier molecular flexibility index (Phi) is 5.46. The van der Waals surface area contributed by atoms with Gasteiger partial charge in [-0.3, -0.25) is 4.72 Å². The maximum atomic E-state index is 12.4. The van der Waals surface area contributed by atoms with E-state index in [4.69, 9.17) is 0 Å². The van der Waals surface area contributed by atoms with Gasteiger partial charge in [-0.25, -0.2) is 13.4 Å². The molecule has 0 spiro atoms. The summed E-state index contributed by atoms with van der Waals surface area (Å²) in [6.45, 7) is 1.96. The molecule has 2 aromatic carbocycles. The fourth-order valence-corrected chi connectivity index (χ4v) is 3.44. The fraction of sp³-hybridized carbons (Fsp3) is 0.105. The van der Waals surface area contributed by atoms with Crippen LogP contribution in [0.25, 0.3) is 0 Å². The van der Waals surface area contributed by atoms with E-state index in [9.17, 15) is 13.5 Å². The van der Waals surface area contributed by atoms with Crippen molar-refractivity contribution in [2.24, 2.45) is 0 Å². The number of aryl methyl sites for hydroxylation is 1. The number of hydrogen-bond donors (Lipinski definition) is 4. The predicted molar refractivity (Wildman–Crippen MR) is 106 cm³/mol. The molecule has 0 radical (unpaired) electrons. The summed E-state index contributed by atoms with van der Waals surface area (Å²) in [7, 11) is -3.70. The van der Waals surface area contributed by atoms with Gasteiger partial charge in [0, 0.05) is 6.20 Å². The van der Waals surface area contributed by atoms with E-state index in [0.29, 0.717) is 5.69 Å². The number of nitrogens with zero attached hydrogens (tertiary/aromatic N) is 1. The normalized spacial score (nSPS) is 11.0.